The summed E-state index contributed by atoms with van der Waals surface area (Å²) in [6.45, 7) is 2.33. The minimum absolute atomic E-state index is 0.0176. The van der Waals surface area contributed by atoms with Gasteiger partial charge >= 0.3 is 6.18 Å². The van der Waals surface area contributed by atoms with Gasteiger partial charge in [-0.05, 0) is 12.1 Å². The number of hydrogen-bond acceptors (Lipinski definition) is 3. The van der Waals surface area contributed by atoms with Gasteiger partial charge in [0.25, 0.3) is 0 Å². The fraction of sp³-hybridized carbons (Fsp3) is 0.500. The van der Waals surface area contributed by atoms with Gasteiger partial charge in [0.2, 0.25) is 0 Å². The summed E-state index contributed by atoms with van der Waals surface area (Å²) in [6.07, 6.45) is -4.34. The molecule has 0 spiro atoms. The van der Waals surface area contributed by atoms with Crippen molar-refractivity contribution in [2.75, 3.05) is 26.7 Å². The highest BCUT2D eigenvalue weighted by atomic mass is 19.4. The van der Waals surface area contributed by atoms with Crippen LogP contribution in [0.1, 0.15) is 17.2 Å². The monoisotopic (exact) mass is 260 g/mol. The lowest BCUT2D eigenvalue weighted by Crippen LogP contribution is -2.42. The number of piperazine rings is 1. The molecule has 0 aromatic heterocycles. The highest BCUT2D eigenvalue weighted by Crippen LogP contribution is 2.35. The van der Waals surface area contributed by atoms with Gasteiger partial charge in [-0.1, -0.05) is 6.07 Å². The molecule has 1 aromatic rings. The topological polar surface area (TPSA) is 33.3 Å². The first-order chi connectivity index (χ1) is 8.52. The van der Waals surface area contributed by atoms with Crippen molar-refractivity contribution in [1.29, 1.82) is 0 Å². The lowest BCUT2D eigenvalue weighted by Gasteiger charge is -2.26. The van der Waals surface area contributed by atoms with Crippen LogP contribution in [0.15, 0.2) is 18.2 Å². The fourth-order valence-corrected chi connectivity index (χ4v) is 2.05. The fourth-order valence-electron chi connectivity index (χ4n) is 2.05. The summed E-state index contributed by atoms with van der Waals surface area (Å²) >= 11 is 0. The maximum absolute atomic E-state index is 12.6. The van der Waals surface area contributed by atoms with Crippen LogP contribution >= 0.6 is 0 Å². The smallest absolute Gasteiger partial charge is 0.416 e. The summed E-state index contributed by atoms with van der Waals surface area (Å²) in [6, 6.07) is 3.60. The van der Waals surface area contributed by atoms with E-state index in [1.807, 2.05) is 0 Å². The Morgan fingerprint density at radius 2 is 2.06 bits per heavy atom. The number of methoxy groups -OCH3 is 1. The Hall–Kier alpha value is -1.27. The molecular formula is C12H15F3N2O. The van der Waals surface area contributed by atoms with E-state index in [0.29, 0.717) is 6.54 Å². The molecule has 100 valence electrons. The minimum atomic E-state index is -4.34. The number of halogens is 3. The molecule has 2 rings (SSSR count). The van der Waals surface area contributed by atoms with Gasteiger partial charge in [0, 0.05) is 31.2 Å². The van der Waals surface area contributed by atoms with E-state index in [1.54, 1.807) is 0 Å². The molecule has 1 aliphatic heterocycles. The second-order valence-electron chi connectivity index (χ2n) is 4.17. The summed E-state index contributed by atoms with van der Waals surface area (Å²) in [5.74, 6) is 0.269. The van der Waals surface area contributed by atoms with Crippen molar-refractivity contribution in [3.05, 3.63) is 29.3 Å². The standard InChI is InChI=1S/C12H15F3N2O/c1-18-11-6-8(12(13,14)15)2-3-9(11)10-7-16-4-5-17-10/h2-3,6,10,16-17H,4-5,7H2,1H3/t10-/m1/s1. The maximum Gasteiger partial charge on any atom is 0.416 e. The first-order valence-corrected chi connectivity index (χ1v) is 5.71. The van der Waals surface area contributed by atoms with Crippen molar-refractivity contribution in [3.63, 3.8) is 0 Å². The van der Waals surface area contributed by atoms with Crippen LogP contribution in [0.25, 0.3) is 0 Å². The van der Waals surface area contributed by atoms with Crippen LogP contribution in [0.5, 0.6) is 5.75 Å². The predicted octanol–water partition coefficient (Wildman–Crippen LogP) is 1.95. The van der Waals surface area contributed by atoms with Gasteiger partial charge in [-0.2, -0.15) is 13.2 Å². The Balaban J connectivity index is 2.30. The maximum atomic E-state index is 12.6. The van der Waals surface area contributed by atoms with Crippen molar-refractivity contribution < 1.29 is 17.9 Å². The van der Waals surface area contributed by atoms with Crippen LogP contribution in [0.3, 0.4) is 0 Å². The van der Waals surface area contributed by atoms with Gasteiger partial charge in [0.05, 0.1) is 12.7 Å². The Morgan fingerprint density at radius 1 is 1.28 bits per heavy atom. The van der Waals surface area contributed by atoms with Crippen molar-refractivity contribution in [2.24, 2.45) is 0 Å². The van der Waals surface area contributed by atoms with Gasteiger partial charge in [0.1, 0.15) is 5.75 Å². The molecule has 6 heteroatoms. The molecule has 18 heavy (non-hydrogen) atoms. The normalized spacial score (nSPS) is 20.8. The predicted molar refractivity (Wildman–Crippen MR) is 61.6 cm³/mol. The summed E-state index contributed by atoms with van der Waals surface area (Å²) in [4.78, 5) is 0. The molecule has 2 N–H and O–H groups in total. The van der Waals surface area contributed by atoms with Gasteiger partial charge in [-0.15, -0.1) is 0 Å². The molecule has 1 fully saturated rings. The number of alkyl halides is 3. The van der Waals surface area contributed by atoms with Crippen LogP contribution in [0.4, 0.5) is 13.2 Å². The molecule has 0 bridgehead atoms. The zero-order valence-corrected chi connectivity index (χ0v) is 9.97. The summed E-state index contributed by atoms with van der Waals surface area (Å²) in [5, 5.41) is 6.43. The van der Waals surface area contributed by atoms with Crippen molar-refractivity contribution in [3.8, 4) is 5.75 Å². The zero-order chi connectivity index (χ0) is 13.2. The van der Waals surface area contributed by atoms with E-state index in [2.05, 4.69) is 10.6 Å². The van der Waals surface area contributed by atoms with Crippen LogP contribution in [0, 0.1) is 0 Å². The van der Waals surface area contributed by atoms with Crippen LogP contribution in [-0.2, 0) is 6.18 Å². The quantitative estimate of drug-likeness (QED) is 0.852. The number of ether oxygens (including phenoxy) is 1. The van der Waals surface area contributed by atoms with Crippen LogP contribution in [0.2, 0.25) is 0 Å². The van der Waals surface area contributed by atoms with E-state index >= 15 is 0 Å². The third-order valence-corrected chi connectivity index (χ3v) is 2.98. The molecule has 3 nitrogen and oxygen atoms in total. The number of benzene rings is 1. The number of nitrogens with one attached hydrogen (secondary N) is 2. The van der Waals surface area contributed by atoms with Crippen LogP contribution < -0.4 is 15.4 Å². The largest absolute Gasteiger partial charge is 0.496 e. The van der Waals surface area contributed by atoms with Crippen LogP contribution in [-0.4, -0.2) is 26.7 Å². The number of rotatable bonds is 2. The Labute approximate surface area is 103 Å². The van der Waals surface area contributed by atoms with Gasteiger partial charge in [-0.25, -0.2) is 0 Å². The molecule has 0 radical (unpaired) electrons. The average Bonchev–Trinajstić information content (AvgIpc) is 2.38. The molecule has 1 atom stereocenters. The van der Waals surface area contributed by atoms with Crippen molar-refractivity contribution in [2.45, 2.75) is 12.2 Å². The van der Waals surface area contributed by atoms with Gasteiger partial charge < -0.3 is 15.4 Å². The van der Waals surface area contributed by atoms with Crippen molar-refractivity contribution in [1.82, 2.24) is 10.6 Å². The Kier molecular flexibility index (Phi) is 3.77. The molecule has 1 heterocycles. The third-order valence-electron chi connectivity index (χ3n) is 2.98. The third kappa shape index (κ3) is 2.76. The molecule has 1 aliphatic rings. The summed E-state index contributed by atoms with van der Waals surface area (Å²) in [7, 11) is 1.38. The zero-order valence-electron chi connectivity index (χ0n) is 9.97. The highest BCUT2D eigenvalue weighted by Gasteiger charge is 2.32. The van der Waals surface area contributed by atoms with Crippen molar-refractivity contribution >= 4 is 0 Å². The lowest BCUT2D eigenvalue weighted by molar-refractivity contribution is -0.137. The lowest BCUT2D eigenvalue weighted by atomic mass is 10.0. The second-order valence-corrected chi connectivity index (χ2v) is 4.17. The molecule has 0 aliphatic carbocycles. The molecule has 1 aromatic carbocycles. The van der Waals surface area contributed by atoms with E-state index in [-0.39, 0.29) is 11.8 Å². The minimum Gasteiger partial charge on any atom is -0.496 e. The molecule has 0 saturated carbocycles. The molecule has 0 amide bonds. The van der Waals surface area contributed by atoms with E-state index in [1.165, 1.54) is 13.2 Å². The van der Waals surface area contributed by atoms with E-state index < -0.39 is 11.7 Å². The SMILES string of the molecule is COc1cc(C(F)(F)F)ccc1[C@H]1CNCCN1. The number of hydrogen-bond donors (Lipinski definition) is 2. The van der Waals surface area contributed by atoms with Gasteiger partial charge in [0.15, 0.2) is 0 Å². The second kappa shape index (κ2) is 5.16. The van der Waals surface area contributed by atoms with E-state index in [9.17, 15) is 13.2 Å². The Bertz CT molecular complexity index is 414. The first-order valence-electron chi connectivity index (χ1n) is 5.71. The van der Waals surface area contributed by atoms with Gasteiger partial charge in [-0.3, -0.25) is 0 Å². The Morgan fingerprint density at radius 3 is 2.61 bits per heavy atom. The summed E-state index contributed by atoms with van der Waals surface area (Å²) < 4.78 is 42.9. The van der Waals surface area contributed by atoms with E-state index in [4.69, 9.17) is 4.74 Å². The van der Waals surface area contributed by atoms with E-state index in [0.717, 1.165) is 30.8 Å². The molecule has 0 unspecified atom stereocenters. The molecule has 1 saturated heterocycles. The summed E-state index contributed by atoms with van der Waals surface area (Å²) in [5.41, 5.74) is 0.0598. The first kappa shape index (κ1) is 13.2. The molecular weight excluding hydrogens is 245 g/mol. The highest BCUT2D eigenvalue weighted by molar-refractivity contribution is 5.41. The average molecular weight is 260 g/mol.